The van der Waals surface area contributed by atoms with Crippen molar-refractivity contribution in [1.29, 1.82) is 0 Å². The number of nitrogen functional groups attached to an aromatic ring is 1. The molecule has 0 aliphatic carbocycles. The Balaban J connectivity index is 2.21. The van der Waals surface area contributed by atoms with Gasteiger partial charge >= 0.3 is 0 Å². The highest BCUT2D eigenvalue weighted by Crippen LogP contribution is 2.05. The molecule has 3 N–H and O–H groups in total. The maximum Gasteiger partial charge on any atom is 0.251 e. The van der Waals surface area contributed by atoms with E-state index >= 15 is 0 Å². The number of nitrogens with zero attached hydrogens (tertiary/aromatic N) is 1. The number of anilines is 1. The maximum atomic E-state index is 11.8. The van der Waals surface area contributed by atoms with Gasteiger partial charge in [-0.15, -0.1) is 0 Å². The quantitative estimate of drug-likeness (QED) is 0.543. The summed E-state index contributed by atoms with van der Waals surface area (Å²) in [7, 11) is 3.73. The normalized spacial score (nSPS) is 10.7. The van der Waals surface area contributed by atoms with Crippen molar-refractivity contribution in [2.24, 2.45) is 0 Å². The highest BCUT2D eigenvalue weighted by atomic mass is 16.5. The van der Waals surface area contributed by atoms with Crippen LogP contribution in [-0.2, 0) is 4.74 Å². The second-order valence-corrected chi connectivity index (χ2v) is 4.53. The second kappa shape index (κ2) is 8.50. The molecule has 0 saturated carbocycles. The van der Waals surface area contributed by atoms with Gasteiger partial charge in [0.1, 0.15) is 0 Å². The van der Waals surface area contributed by atoms with Crippen LogP contribution in [0.25, 0.3) is 0 Å². The Labute approximate surface area is 114 Å². The molecule has 0 bridgehead atoms. The Morgan fingerprint density at radius 1 is 1.42 bits per heavy atom. The van der Waals surface area contributed by atoms with Crippen LogP contribution in [0, 0.1) is 0 Å². The fourth-order valence-corrected chi connectivity index (χ4v) is 1.69. The molecule has 5 heteroatoms. The molecule has 0 fully saturated rings. The minimum Gasteiger partial charge on any atom is -0.399 e. The number of nitrogens with one attached hydrogen (secondary N) is 1. The zero-order chi connectivity index (χ0) is 14.1. The van der Waals surface area contributed by atoms with Crippen LogP contribution in [0.5, 0.6) is 0 Å². The smallest absolute Gasteiger partial charge is 0.251 e. The molecule has 5 nitrogen and oxygen atoms in total. The number of carbonyl (C=O) groups excluding carboxylic acids is 1. The van der Waals surface area contributed by atoms with E-state index in [1.54, 1.807) is 31.4 Å². The van der Waals surface area contributed by atoms with Crippen molar-refractivity contribution in [3.8, 4) is 0 Å². The highest BCUT2D eigenvalue weighted by molar-refractivity contribution is 5.94. The Morgan fingerprint density at radius 2 is 2.21 bits per heavy atom. The summed E-state index contributed by atoms with van der Waals surface area (Å²) in [5.41, 5.74) is 6.85. The molecular formula is C14H23N3O2. The van der Waals surface area contributed by atoms with E-state index in [1.807, 2.05) is 7.05 Å². The van der Waals surface area contributed by atoms with E-state index in [0.29, 0.717) is 17.8 Å². The standard InChI is InChI=1S/C14H23N3O2/c1-17(9-10-19-2)8-4-7-16-14(18)12-5-3-6-13(15)11-12/h3,5-6,11H,4,7-10,15H2,1-2H3,(H,16,18). The number of hydrogen-bond acceptors (Lipinski definition) is 4. The highest BCUT2D eigenvalue weighted by Gasteiger charge is 2.04. The van der Waals surface area contributed by atoms with Gasteiger partial charge in [0.25, 0.3) is 5.91 Å². The van der Waals surface area contributed by atoms with Crippen molar-refractivity contribution >= 4 is 11.6 Å². The average molecular weight is 265 g/mol. The summed E-state index contributed by atoms with van der Waals surface area (Å²) in [4.78, 5) is 14.0. The lowest BCUT2D eigenvalue weighted by molar-refractivity contribution is 0.0951. The Morgan fingerprint density at radius 3 is 2.89 bits per heavy atom. The molecule has 0 aliphatic rings. The summed E-state index contributed by atoms with van der Waals surface area (Å²) >= 11 is 0. The van der Waals surface area contributed by atoms with Crippen LogP contribution in [-0.4, -0.2) is 51.2 Å². The Kier molecular flexibility index (Phi) is 6.92. The summed E-state index contributed by atoms with van der Waals surface area (Å²) in [6.07, 6.45) is 0.911. The van der Waals surface area contributed by atoms with Crippen molar-refractivity contribution < 1.29 is 9.53 Å². The summed E-state index contributed by atoms with van der Waals surface area (Å²) in [5.74, 6) is -0.0770. The number of likely N-dealkylation sites (N-methyl/N-ethyl adjacent to an activating group) is 1. The van der Waals surface area contributed by atoms with E-state index in [9.17, 15) is 4.79 Å². The lowest BCUT2D eigenvalue weighted by Crippen LogP contribution is -2.29. The molecule has 106 valence electrons. The number of carbonyl (C=O) groups is 1. The Hall–Kier alpha value is -1.59. The van der Waals surface area contributed by atoms with Gasteiger partial charge in [0.05, 0.1) is 6.61 Å². The van der Waals surface area contributed by atoms with Gasteiger partial charge in [-0.1, -0.05) is 6.07 Å². The monoisotopic (exact) mass is 265 g/mol. The molecule has 0 aliphatic heterocycles. The summed E-state index contributed by atoms with van der Waals surface area (Å²) < 4.78 is 5.00. The van der Waals surface area contributed by atoms with Gasteiger partial charge in [-0.3, -0.25) is 4.79 Å². The van der Waals surface area contributed by atoms with E-state index in [4.69, 9.17) is 10.5 Å². The average Bonchev–Trinajstić information content (AvgIpc) is 2.41. The first-order chi connectivity index (χ1) is 9.13. The van der Waals surface area contributed by atoms with Crippen molar-refractivity contribution in [1.82, 2.24) is 10.2 Å². The summed E-state index contributed by atoms with van der Waals surface area (Å²) in [5, 5.41) is 2.89. The van der Waals surface area contributed by atoms with E-state index < -0.39 is 0 Å². The van der Waals surface area contributed by atoms with Gasteiger partial charge in [-0.2, -0.15) is 0 Å². The minimum atomic E-state index is -0.0770. The Bertz CT molecular complexity index is 396. The first-order valence-corrected chi connectivity index (χ1v) is 6.44. The van der Waals surface area contributed by atoms with Gasteiger partial charge in [0.15, 0.2) is 0 Å². The zero-order valence-electron chi connectivity index (χ0n) is 11.7. The van der Waals surface area contributed by atoms with Crippen LogP contribution in [0.2, 0.25) is 0 Å². The number of rotatable bonds is 8. The topological polar surface area (TPSA) is 67.6 Å². The van der Waals surface area contributed by atoms with Gasteiger partial charge < -0.3 is 20.7 Å². The molecule has 0 radical (unpaired) electrons. The van der Waals surface area contributed by atoms with E-state index in [1.165, 1.54) is 0 Å². The van der Waals surface area contributed by atoms with Crippen LogP contribution < -0.4 is 11.1 Å². The lowest BCUT2D eigenvalue weighted by atomic mass is 10.2. The fraction of sp³-hybridized carbons (Fsp3) is 0.500. The fourth-order valence-electron chi connectivity index (χ4n) is 1.69. The van der Waals surface area contributed by atoms with Gasteiger partial charge in [-0.05, 0) is 38.2 Å². The molecule has 1 rings (SSSR count). The van der Waals surface area contributed by atoms with Gasteiger partial charge in [-0.25, -0.2) is 0 Å². The van der Waals surface area contributed by atoms with Crippen molar-refractivity contribution in [2.75, 3.05) is 46.1 Å². The molecule has 0 unspecified atom stereocenters. The third-order valence-electron chi connectivity index (χ3n) is 2.83. The first-order valence-electron chi connectivity index (χ1n) is 6.44. The van der Waals surface area contributed by atoms with Crippen LogP contribution in [0.15, 0.2) is 24.3 Å². The third kappa shape index (κ3) is 6.22. The molecular weight excluding hydrogens is 242 g/mol. The largest absolute Gasteiger partial charge is 0.399 e. The number of amides is 1. The molecule has 19 heavy (non-hydrogen) atoms. The predicted molar refractivity (Wildman–Crippen MR) is 77.2 cm³/mol. The second-order valence-electron chi connectivity index (χ2n) is 4.53. The molecule has 1 amide bonds. The van der Waals surface area contributed by atoms with Crippen LogP contribution in [0.3, 0.4) is 0 Å². The zero-order valence-corrected chi connectivity index (χ0v) is 11.7. The minimum absolute atomic E-state index is 0.0770. The van der Waals surface area contributed by atoms with Crippen LogP contribution in [0.1, 0.15) is 16.8 Å². The number of hydrogen-bond donors (Lipinski definition) is 2. The molecule has 0 spiro atoms. The molecule has 1 aromatic carbocycles. The van der Waals surface area contributed by atoms with E-state index in [-0.39, 0.29) is 5.91 Å². The van der Waals surface area contributed by atoms with Crippen molar-refractivity contribution in [3.63, 3.8) is 0 Å². The molecule has 1 aromatic rings. The molecule has 0 atom stereocenters. The number of benzene rings is 1. The lowest BCUT2D eigenvalue weighted by Gasteiger charge is -2.15. The maximum absolute atomic E-state index is 11.8. The van der Waals surface area contributed by atoms with Gasteiger partial charge in [0, 0.05) is 31.5 Å². The number of methoxy groups -OCH3 is 1. The summed E-state index contributed by atoms with van der Waals surface area (Å²) in [6.45, 7) is 3.22. The summed E-state index contributed by atoms with van der Waals surface area (Å²) in [6, 6.07) is 6.99. The van der Waals surface area contributed by atoms with Crippen LogP contribution >= 0.6 is 0 Å². The van der Waals surface area contributed by atoms with E-state index in [2.05, 4.69) is 10.2 Å². The van der Waals surface area contributed by atoms with Crippen molar-refractivity contribution in [3.05, 3.63) is 29.8 Å². The molecule has 0 heterocycles. The molecule has 0 saturated heterocycles. The van der Waals surface area contributed by atoms with Gasteiger partial charge in [0.2, 0.25) is 0 Å². The number of ether oxygens (including phenoxy) is 1. The van der Waals surface area contributed by atoms with Crippen molar-refractivity contribution in [2.45, 2.75) is 6.42 Å². The van der Waals surface area contributed by atoms with E-state index in [0.717, 1.165) is 26.1 Å². The third-order valence-corrected chi connectivity index (χ3v) is 2.83. The number of nitrogens with two attached hydrogens (primary N) is 1. The van der Waals surface area contributed by atoms with Crippen LogP contribution in [0.4, 0.5) is 5.69 Å². The SMILES string of the molecule is COCCN(C)CCCNC(=O)c1cccc(N)c1. The molecule has 0 aromatic heterocycles. The predicted octanol–water partition coefficient (Wildman–Crippen LogP) is 0.967. The first kappa shape index (κ1) is 15.5.